The second-order valence-electron chi connectivity index (χ2n) is 4.27. The van der Waals surface area contributed by atoms with Crippen molar-refractivity contribution in [3.8, 4) is 0 Å². The molecule has 2 rings (SSSR count). The van der Waals surface area contributed by atoms with Gasteiger partial charge < -0.3 is 10.8 Å². The van der Waals surface area contributed by atoms with Crippen molar-refractivity contribution >= 4 is 24.8 Å². The quantitative estimate of drug-likeness (QED) is 0.516. The average molecular weight is 202 g/mol. The summed E-state index contributed by atoms with van der Waals surface area (Å²) in [6.07, 6.45) is 1.41. The van der Waals surface area contributed by atoms with Crippen LogP contribution in [-0.4, -0.2) is 19.6 Å². The minimum absolute atomic E-state index is 0.0483. The van der Waals surface area contributed by atoms with E-state index in [0.29, 0.717) is 0 Å². The van der Waals surface area contributed by atoms with E-state index < -0.39 is 8.07 Å². The van der Waals surface area contributed by atoms with Gasteiger partial charge in [0.05, 0.1) is 5.92 Å². The fraction of sp³-hybridized carbons (Fsp3) is 0.273. The summed E-state index contributed by atoms with van der Waals surface area (Å²) in [7, 11) is -1.72. The molecule has 1 aromatic carbocycles. The molecule has 1 aliphatic rings. The molecular weight excluding hydrogens is 188 g/mol. The molecule has 0 radical (unpaired) electrons. The van der Waals surface area contributed by atoms with Crippen molar-refractivity contribution in [2.45, 2.75) is 19.0 Å². The van der Waals surface area contributed by atoms with Crippen LogP contribution in [0.25, 0.3) is 0 Å². The van der Waals surface area contributed by atoms with E-state index in [-0.39, 0.29) is 5.92 Å². The van der Waals surface area contributed by atoms with Crippen LogP contribution >= 0.6 is 0 Å². The third-order valence-electron chi connectivity index (χ3n) is 3.12. The van der Waals surface area contributed by atoms with Crippen LogP contribution < -0.4 is 5.19 Å². The summed E-state index contributed by atoms with van der Waals surface area (Å²) < 4.78 is 0. The van der Waals surface area contributed by atoms with Gasteiger partial charge >= 0.3 is 0 Å². The maximum absolute atomic E-state index is 8.10. The van der Waals surface area contributed by atoms with Gasteiger partial charge in [0.25, 0.3) is 0 Å². The van der Waals surface area contributed by atoms with Gasteiger partial charge in [0, 0.05) is 11.5 Å². The summed E-state index contributed by atoms with van der Waals surface area (Å²) in [6.45, 7) is 4.38. The van der Waals surface area contributed by atoms with Crippen LogP contribution in [0, 0.1) is 10.8 Å². The molecular formula is C11H14N2Si. The zero-order valence-electron chi connectivity index (χ0n) is 8.46. The SMILES string of the molecule is C[Si]1(C)C(=N)C(C=N)c2ccccc21. The fourth-order valence-corrected chi connectivity index (χ4v) is 4.98. The average Bonchev–Trinajstić information content (AvgIpc) is 2.37. The Morgan fingerprint density at radius 2 is 1.93 bits per heavy atom. The Morgan fingerprint density at radius 1 is 1.29 bits per heavy atom. The molecule has 1 aromatic rings. The van der Waals surface area contributed by atoms with E-state index in [2.05, 4.69) is 25.2 Å². The smallest absolute Gasteiger partial charge is 0.130 e. The van der Waals surface area contributed by atoms with E-state index in [1.165, 1.54) is 17.0 Å². The van der Waals surface area contributed by atoms with E-state index in [0.717, 1.165) is 5.33 Å². The molecule has 1 unspecified atom stereocenters. The second-order valence-corrected chi connectivity index (χ2v) is 8.60. The van der Waals surface area contributed by atoms with Crippen LogP contribution in [0.1, 0.15) is 11.5 Å². The van der Waals surface area contributed by atoms with Crippen molar-refractivity contribution in [2.24, 2.45) is 0 Å². The van der Waals surface area contributed by atoms with Crippen LogP contribution in [-0.2, 0) is 0 Å². The predicted octanol–water partition coefficient (Wildman–Crippen LogP) is 1.91. The second kappa shape index (κ2) is 2.88. The summed E-state index contributed by atoms with van der Waals surface area (Å²) in [6, 6.07) is 8.21. The zero-order chi connectivity index (χ0) is 10.3. The molecule has 1 heterocycles. The lowest BCUT2D eigenvalue weighted by atomic mass is 10.0. The van der Waals surface area contributed by atoms with Crippen molar-refractivity contribution < 1.29 is 0 Å². The highest BCUT2D eigenvalue weighted by molar-refractivity contribution is 7.16. The van der Waals surface area contributed by atoms with Gasteiger partial charge in [0.1, 0.15) is 8.07 Å². The molecule has 0 fully saturated rings. The summed E-state index contributed by atoms with van der Waals surface area (Å²) in [4.78, 5) is 0. The first-order valence-corrected chi connectivity index (χ1v) is 7.78. The Hall–Kier alpha value is -1.22. The Bertz CT molecular complexity index is 410. The highest BCUT2D eigenvalue weighted by atomic mass is 28.3. The maximum atomic E-state index is 8.10. The Balaban J connectivity index is 2.68. The molecule has 3 heteroatoms. The van der Waals surface area contributed by atoms with Gasteiger partial charge in [0.15, 0.2) is 0 Å². The highest BCUT2D eigenvalue weighted by Crippen LogP contribution is 2.28. The molecule has 0 aliphatic carbocycles. The normalized spacial score (nSPS) is 23.3. The molecule has 2 N–H and O–H groups in total. The molecule has 0 bridgehead atoms. The highest BCUT2D eigenvalue weighted by Gasteiger charge is 2.42. The Labute approximate surface area is 85.0 Å². The van der Waals surface area contributed by atoms with Crippen LogP contribution in [0.2, 0.25) is 13.1 Å². The van der Waals surface area contributed by atoms with Crippen LogP contribution in [0.3, 0.4) is 0 Å². The van der Waals surface area contributed by atoms with Crippen molar-refractivity contribution in [2.75, 3.05) is 0 Å². The lowest BCUT2D eigenvalue weighted by molar-refractivity contribution is 1.24. The minimum Gasteiger partial charge on any atom is -0.313 e. The fourth-order valence-electron chi connectivity index (χ4n) is 2.20. The van der Waals surface area contributed by atoms with Gasteiger partial charge in [-0.1, -0.05) is 37.4 Å². The van der Waals surface area contributed by atoms with Gasteiger partial charge in [-0.05, 0) is 10.8 Å². The molecule has 1 aliphatic heterocycles. The number of benzene rings is 1. The topological polar surface area (TPSA) is 47.7 Å². The lowest BCUT2D eigenvalue weighted by Gasteiger charge is -2.16. The summed E-state index contributed by atoms with van der Waals surface area (Å²) in [5.41, 5.74) is 1.18. The van der Waals surface area contributed by atoms with Crippen molar-refractivity contribution in [3.63, 3.8) is 0 Å². The van der Waals surface area contributed by atoms with Gasteiger partial charge in [-0.2, -0.15) is 0 Å². The van der Waals surface area contributed by atoms with E-state index >= 15 is 0 Å². The molecule has 1 atom stereocenters. The van der Waals surface area contributed by atoms with Crippen molar-refractivity contribution in [1.82, 2.24) is 0 Å². The molecule has 0 amide bonds. The van der Waals surface area contributed by atoms with E-state index in [1.807, 2.05) is 12.1 Å². The number of rotatable bonds is 1. The van der Waals surface area contributed by atoms with Crippen molar-refractivity contribution in [3.05, 3.63) is 29.8 Å². The molecule has 0 spiro atoms. The van der Waals surface area contributed by atoms with E-state index in [9.17, 15) is 0 Å². The molecule has 0 saturated heterocycles. The molecule has 14 heavy (non-hydrogen) atoms. The molecule has 2 nitrogen and oxygen atoms in total. The third-order valence-corrected chi connectivity index (χ3v) is 6.58. The number of nitrogens with one attached hydrogen (secondary N) is 2. The molecule has 0 aromatic heterocycles. The number of hydrogen-bond acceptors (Lipinski definition) is 2. The molecule has 0 saturated carbocycles. The number of hydrogen-bond donors (Lipinski definition) is 2. The minimum atomic E-state index is -1.72. The lowest BCUT2D eigenvalue weighted by Crippen LogP contribution is -2.45. The van der Waals surface area contributed by atoms with Gasteiger partial charge in [-0.3, -0.25) is 0 Å². The van der Waals surface area contributed by atoms with E-state index in [4.69, 9.17) is 10.8 Å². The largest absolute Gasteiger partial charge is 0.313 e. The van der Waals surface area contributed by atoms with Gasteiger partial charge in [-0.15, -0.1) is 0 Å². The van der Waals surface area contributed by atoms with Crippen LogP contribution in [0.5, 0.6) is 0 Å². The molecule has 72 valence electrons. The summed E-state index contributed by atoms with van der Waals surface area (Å²) in [5, 5.41) is 17.6. The zero-order valence-corrected chi connectivity index (χ0v) is 9.46. The van der Waals surface area contributed by atoms with Crippen LogP contribution in [0.15, 0.2) is 24.3 Å². The van der Waals surface area contributed by atoms with Gasteiger partial charge in [0.2, 0.25) is 0 Å². The van der Waals surface area contributed by atoms with Gasteiger partial charge in [-0.25, -0.2) is 0 Å². The first-order chi connectivity index (χ1) is 6.59. The Morgan fingerprint density at radius 3 is 2.57 bits per heavy atom. The third kappa shape index (κ3) is 1.02. The van der Waals surface area contributed by atoms with Crippen molar-refractivity contribution in [1.29, 1.82) is 10.8 Å². The van der Waals surface area contributed by atoms with E-state index in [1.54, 1.807) is 0 Å². The monoisotopic (exact) mass is 202 g/mol. The number of fused-ring (bicyclic) bond motifs is 1. The van der Waals surface area contributed by atoms with Crippen LogP contribution in [0.4, 0.5) is 0 Å². The standard InChI is InChI=1S/C11H14N2Si/c1-14(2)10-6-4-3-5-8(10)9(7-12)11(14)13/h3-7,9,12-13H,1-2H3. The summed E-state index contributed by atoms with van der Waals surface area (Å²) >= 11 is 0. The first-order valence-electron chi connectivity index (χ1n) is 4.78. The summed E-state index contributed by atoms with van der Waals surface area (Å²) in [5.74, 6) is -0.0483. The maximum Gasteiger partial charge on any atom is 0.130 e. The predicted molar refractivity (Wildman–Crippen MR) is 62.8 cm³/mol. The Kier molecular flexibility index (Phi) is 1.92. The first kappa shape index (κ1) is 9.34.